The van der Waals surface area contributed by atoms with Crippen LogP contribution in [-0.2, 0) is 13.1 Å². The van der Waals surface area contributed by atoms with Gasteiger partial charge in [-0.25, -0.2) is 4.39 Å². The van der Waals surface area contributed by atoms with Crippen LogP contribution < -0.4 is 5.32 Å². The van der Waals surface area contributed by atoms with Crippen LogP contribution in [0, 0.1) is 15.9 Å². The van der Waals surface area contributed by atoms with E-state index in [0.717, 1.165) is 0 Å². The van der Waals surface area contributed by atoms with Crippen molar-refractivity contribution in [3.8, 4) is 0 Å². The molecule has 0 bridgehead atoms. The second-order valence-electron chi connectivity index (χ2n) is 6.63. The molecule has 3 heterocycles. The molecule has 4 rings (SSSR count). The van der Waals surface area contributed by atoms with Crippen LogP contribution in [0.2, 0.25) is 5.02 Å². The van der Waals surface area contributed by atoms with Crippen molar-refractivity contribution >= 4 is 45.1 Å². The van der Waals surface area contributed by atoms with E-state index in [1.54, 1.807) is 18.2 Å². The van der Waals surface area contributed by atoms with E-state index >= 15 is 0 Å². The number of halogens is 3. The predicted octanol–water partition coefficient (Wildman–Crippen LogP) is 4.48. The average molecular weight is 524 g/mol. The molecule has 0 saturated carbocycles. The van der Waals surface area contributed by atoms with Gasteiger partial charge in [0.05, 0.1) is 17.8 Å². The minimum absolute atomic E-state index is 0.00327. The lowest BCUT2D eigenvalue weighted by molar-refractivity contribution is -0.390. The zero-order chi connectivity index (χ0) is 22.8. The summed E-state index contributed by atoms with van der Waals surface area (Å²) in [5.41, 5.74) is 0.684. The van der Waals surface area contributed by atoms with Gasteiger partial charge < -0.3 is 19.8 Å². The highest BCUT2D eigenvalue weighted by atomic mass is 79.9. The number of benzene rings is 1. The standard InChI is InChI=1S/C19H13BrClFN6O4/c20-14-9-27(25-18(14)28(30)31)8-13-4-5-16(32-13)19(29)23-17-15(21)10-26(24-17)7-11-2-1-3-12(22)6-11/h1-6,9-10H,7-8H2,(H,23,24,29). The Labute approximate surface area is 192 Å². The van der Waals surface area contributed by atoms with Crippen LogP contribution >= 0.6 is 27.5 Å². The first-order valence-electron chi connectivity index (χ1n) is 9.03. The molecule has 0 saturated heterocycles. The molecule has 3 aromatic heterocycles. The largest absolute Gasteiger partial charge is 0.454 e. The molecule has 13 heteroatoms. The molecule has 4 aromatic rings. The van der Waals surface area contributed by atoms with E-state index in [2.05, 4.69) is 31.4 Å². The Morgan fingerprint density at radius 2 is 2.00 bits per heavy atom. The average Bonchev–Trinajstić information content (AvgIpc) is 3.42. The van der Waals surface area contributed by atoms with E-state index in [4.69, 9.17) is 16.0 Å². The Hall–Kier alpha value is -3.51. The van der Waals surface area contributed by atoms with Crippen LogP contribution in [0.3, 0.4) is 0 Å². The molecule has 0 aliphatic rings. The van der Waals surface area contributed by atoms with Gasteiger partial charge in [-0.2, -0.15) is 9.78 Å². The zero-order valence-corrected chi connectivity index (χ0v) is 18.4. The fraction of sp³-hybridized carbons (Fsp3) is 0.105. The molecule has 0 radical (unpaired) electrons. The van der Waals surface area contributed by atoms with Gasteiger partial charge in [0.25, 0.3) is 5.91 Å². The predicted molar refractivity (Wildman–Crippen MR) is 115 cm³/mol. The first-order chi connectivity index (χ1) is 15.3. The molecular weight excluding hydrogens is 511 g/mol. The van der Waals surface area contributed by atoms with Crippen LogP contribution in [0.5, 0.6) is 0 Å². The highest BCUT2D eigenvalue weighted by Gasteiger charge is 2.20. The third-order valence-corrected chi connectivity index (χ3v) is 5.09. The van der Waals surface area contributed by atoms with Crippen molar-refractivity contribution in [2.75, 3.05) is 5.32 Å². The number of nitro groups is 1. The topological polar surface area (TPSA) is 121 Å². The fourth-order valence-corrected chi connectivity index (χ4v) is 3.55. The van der Waals surface area contributed by atoms with Crippen LogP contribution in [-0.4, -0.2) is 30.4 Å². The summed E-state index contributed by atoms with van der Waals surface area (Å²) in [4.78, 5) is 22.8. The summed E-state index contributed by atoms with van der Waals surface area (Å²) in [7, 11) is 0. The first-order valence-corrected chi connectivity index (χ1v) is 10.2. The van der Waals surface area contributed by atoms with Crippen molar-refractivity contribution in [1.29, 1.82) is 0 Å². The molecule has 0 atom stereocenters. The normalized spacial score (nSPS) is 11.0. The third kappa shape index (κ3) is 4.86. The SMILES string of the molecule is O=C(Nc1nn(Cc2cccc(F)c2)cc1Cl)c1ccc(Cn2cc(Br)c([N+](=O)[O-])n2)o1. The molecule has 0 aliphatic carbocycles. The number of carbonyl (C=O) groups is 1. The number of nitrogens with zero attached hydrogens (tertiary/aromatic N) is 5. The summed E-state index contributed by atoms with van der Waals surface area (Å²) < 4.78 is 21.9. The summed E-state index contributed by atoms with van der Waals surface area (Å²) in [6.45, 7) is 0.354. The van der Waals surface area contributed by atoms with Gasteiger partial charge in [0.15, 0.2) is 11.6 Å². The number of anilines is 1. The molecule has 10 nitrogen and oxygen atoms in total. The third-order valence-electron chi connectivity index (χ3n) is 4.26. The number of nitrogens with one attached hydrogen (secondary N) is 1. The molecule has 0 spiro atoms. The van der Waals surface area contributed by atoms with Crippen molar-refractivity contribution in [3.05, 3.63) is 91.3 Å². The van der Waals surface area contributed by atoms with E-state index in [1.807, 2.05) is 0 Å². The molecule has 164 valence electrons. The maximum atomic E-state index is 13.3. The Bertz CT molecular complexity index is 1320. The quantitative estimate of drug-likeness (QED) is 0.281. The van der Waals surface area contributed by atoms with Gasteiger partial charge >= 0.3 is 5.82 Å². The van der Waals surface area contributed by atoms with Crippen LogP contribution in [0.1, 0.15) is 21.9 Å². The summed E-state index contributed by atoms with van der Waals surface area (Å²) in [6.07, 6.45) is 2.95. The van der Waals surface area contributed by atoms with Gasteiger partial charge in [0, 0.05) is 6.20 Å². The molecule has 32 heavy (non-hydrogen) atoms. The lowest BCUT2D eigenvalue weighted by atomic mass is 10.2. The molecule has 0 aliphatic heterocycles. The molecule has 1 aromatic carbocycles. The van der Waals surface area contributed by atoms with Gasteiger partial charge in [-0.1, -0.05) is 23.7 Å². The number of carbonyl (C=O) groups excluding carboxylic acids is 1. The van der Waals surface area contributed by atoms with Gasteiger partial charge in [-0.3, -0.25) is 9.48 Å². The maximum absolute atomic E-state index is 13.3. The molecule has 0 fully saturated rings. The second kappa shape index (κ2) is 8.93. The van der Waals surface area contributed by atoms with Crippen LogP contribution in [0.15, 0.2) is 57.7 Å². The van der Waals surface area contributed by atoms with Crippen molar-refractivity contribution < 1.29 is 18.5 Å². The van der Waals surface area contributed by atoms with E-state index in [9.17, 15) is 19.3 Å². The fourth-order valence-electron chi connectivity index (χ4n) is 2.89. The van der Waals surface area contributed by atoms with Gasteiger partial charge in [-0.15, -0.1) is 0 Å². The minimum Gasteiger partial charge on any atom is -0.454 e. The van der Waals surface area contributed by atoms with E-state index in [-0.39, 0.29) is 45.8 Å². The Kier molecular flexibility index (Phi) is 6.06. The minimum atomic E-state index is -0.612. The highest BCUT2D eigenvalue weighted by Crippen LogP contribution is 2.24. The van der Waals surface area contributed by atoms with Crippen LogP contribution in [0.25, 0.3) is 0 Å². The summed E-state index contributed by atoms with van der Waals surface area (Å²) >= 11 is 9.23. The van der Waals surface area contributed by atoms with Crippen molar-refractivity contribution in [3.63, 3.8) is 0 Å². The molecular formula is C19H13BrClFN6O4. The molecule has 1 N–H and O–H groups in total. The van der Waals surface area contributed by atoms with Crippen molar-refractivity contribution in [1.82, 2.24) is 19.6 Å². The number of rotatable bonds is 7. The monoisotopic (exact) mass is 522 g/mol. The number of hydrogen-bond acceptors (Lipinski definition) is 6. The smallest absolute Gasteiger partial charge is 0.404 e. The van der Waals surface area contributed by atoms with Crippen LogP contribution in [0.4, 0.5) is 16.0 Å². The van der Waals surface area contributed by atoms with Gasteiger partial charge in [0.1, 0.15) is 27.6 Å². The summed E-state index contributed by atoms with van der Waals surface area (Å²) in [5, 5.41) is 21.7. The van der Waals surface area contributed by atoms with Gasteiger partial charge in [-0.05, 0) is 50.7 Å². The van der Waals surface area contributed by atoms with Crippen molar-refractivity contribution in [2.24, 2.45) is 0 Å². The van der Waals surface area contributed by atoms with E-state index < -0.39 is 10.8 Å². The number of amides is 1. The summed E-state index contributed by atoms with van der Waals surface area (Å²) in [5.74, 6) is -0.781. The maximum Gasteiger partial charge on any atom is 0.404 e. The number of aromatic nitrogens is 4. The molecule has 0 unspecified atom stereocenters. The lowest BCUT2D eigenvalue weighted by Crippen LogP contribution is -2.12. The molecule has 1 amide bonds. The number of furan rings is 1. The van der Waals surface area contributed by atoms with E-state index in [1.165, 1.54) is 40.0 Å². The van der Waals surface area contributed by atoms with Gasteiger partial charge in [0.2, 0.25) is 0 Å². The van der Waals surface area contributed by atoms with E-state index in [0.29, 0.717) is 11.3 Å². The Morgan fingerprint density at radius 1 is 1.22 bits per heavy atom. The number of hydrogen-bond donors (Lipinski definition) is 1. The Morgan fingerprint density at radius 3 is 2.72 bits per heavy atom. The summed E-state index contributed by atoms with van der Waals surface area (Å²) in [6, 6.07) is 9.07. The highest BCUT2D eigenvalue weighted by molar-refractivity contribution is 9.10. The first kappa shape index (κ1) is 21.7. The Balaban J connectivity index is 1.42. The second-order valence-corrected chi connectivity index (χ2v) is 7.89. The zero-order valence-electron chi connectivity index (χ0n) is 16.0. The lowest BCUT2D eigenvalue weighted by Gasteiger charge is -2.02. The van der Waals surface area contributed by atoms with Crippen molar-refractivity contribution in [2.45, 2.75) is 13.1 Å².